The first-order chi connectivity index (χ1) is 12.3. The van der Waals surface area contributed by atoms with Gasteiger partial charge >= 0.3 is 0 Å². The van der Waals surface area contributed by atoms with Crippen LogP contribution in [0.3, 0.4) is 0 Å². The lowest BCUT2D eigenvalue weighted by molar-refractivity contribution is -0.132. The van der Waals surface area contributed by atoms with Crippen molar-refractivity contribution >= 4 is 21.8 Å². The molecule has 3 rings (SSSR count). The SMILES string of the molecule is COC1CCN(C(=O)c2cccc(S(=O)(=O)N3CCN(C)C(=O)C3)c2)C1. The van der Waals surface area contributed by atoms with E-state index in [-0.39, 0.29) is 35.9 Å². The van der Waals surface area contributed by atoms with Crippen LogP contribution in [0.25, 0.3) is 0 Å². The summed E-state index contributed by atoms with van der Waals surface area (Å²) < 4.78 is 32.1. The van der Waals surface area contributed by atoms with E-state index in [4.69, 9.17) is 4.74 Å². The Labute approximate surface area is 153 Å². The Kier molecular flexibility index (Phi) is 5.31. The summed E-state index contributed by atoms with van der Waals surface area (Å²) in [5.41, 5.74) is 0.322. The molecule has 2 aliphatic rings. The van der Waals surface area contributed by atoms with Gasteiger partial charge in [0.1, 0.15) is 0 Å². The van der Waals surface area contributed by atoms with Crippen LogP contribution in [0.1, 0.15) is 16.8 Å². The Morgan fingerprint density at radius 2 is 2.00 bits per heavy atom. The van der Waals surface area contributed by atoms with Crippen molar-refractivity contribution in [1.29, 1.82) is 0 Å². The zero-order valence-electron chi connectivity index (χ0n) is 14.9. The second-order valence-electron chi connectivity index (χ2n) is 6.58. The summed E-state index contributed by atoms with van der Waals surface area (Å²) in [5.74, 6) is -0.453. The minimum Gasteiger partial charge on any atom is -0.380 e. The van der Waals surface area contributed by atoms with Gasteiger partial charge in [-0.05, 0) is 24.6 Å². The Balaban J connectivity index is 1.80. The molecule has 26 heavy (non-hydrogen) atoms. The van der Waals surface area contributed by atoms with Crippen LogP contribution in [0.5, 0.6) is 0 Å². The van der Waals surface area contributed by atoms with Gasteiger partial charge in [0.05, 0.1) is 17.5 Å². The first kappa shape index (κ1) is 18.8. The van der Waals surface area contributed by atoms with Crippen molar-refractivity contribution in [3.8, 4) is 0 Å². The van der Waals surface area contributed by atoms with Crippen LogP contribution in [0.15, 0.2) is 29.2 Å². The molecule has 1 aromatic rings. The highest BCUT2D eigenvalue weighted by atomic mass is 32.2. The maximum atomic E-state index is 12.8. The smallest absolute Gasteiger partial charge is 0.253 e. The van der Waals surface area contributed by atoms with Crippen LogP contribution in [0.4, 0.5) is 0 Å². The van der Waals surface area contributed by atoms with Gasteiger partial charge in [-0.2, -0.15) is 4.31 Å². The zero-order valence-corrected chi connectivity index (χ0v) is 15.7. The Morgan fingerprint density at radius 3 is 2.65 bits per heavy atom. The van der Waals surface area contributed by atoms with Gasteiger partial charge in [-0.25, -0.2) is 8.42 Å². The quantitative estimate of drug-likeness (QED) is 0.733. The van der Waals surface area contributed by atoms with Crippen LogP contribution < -0.4 is 0 Å². The molecule has 2 fully saturated rings. The third-order valence-electron chi connectivity index (χ3n) is 4.91. The Bertz CT molecular complexity index is 810. The van der Waals surface area contributed by atoms with Gasteiger partial charge in [0.2, 0.25) is 15.9 Å². The summed E-state index contributed by atoms with van der Waals surface area (Å²) in [6.45, 7) is 1.49. The van der Waals surface area contributed by atoms with Crippen LogP contribution in [0, 0.1) is 0 Å². The molecule has 2 amide bonds. The molecule has 0 radical (unpaired) electrons. The van der Waals surface area contributed by atoms with E-state index < -0.39 is 10.0 Å². The molecule has 2 heterocycles. The number of methoxy groups -OCH3 is 1. The minimum atomic E-state index is -3.82. The second kappa shape index (κ2) is 7.34. The van der Waals surface area contributed by atoms with Gasteiger partial charge in [-0.15, -0.1) is 0 Å². The summed E-state index contributed by atoms with van der Waals surface area (Å²) in [7, 11) is -0.561. The molecule has 0 bridgehead atoms. The number of ether oxygens (including phenoxy) is 1. The number of likely N-dealkylation sites (N-methyl/N-ethyl adjacent to an activating group) is 1. The molecule has 0 aromatic heterocycles. The van der Waals surface area contributed by atoms with E-state index >= 15 is 0 Å². The molecule has 1 atom stereocenters. The summed E-state index contributed by atoms with van der Waals surface area (Å²) in [5, 5.41) is 0. The molecule has 8 nitrogen and oxygen atoms in total. The van der Waals surface area contributed by atoms with Crippen LogP contribution in [-0.2, 0) is 19.6 Å². The van der Waals surface area contributed by atoms with E-state index in [1.807, 2.05) is 0 Å². The summed E-state index contributed by atoms with van der Waals surface area (Å²) in [6, 6.07) is 6.01. The molecule has 0 saturated carbocycles. The number of hydrogen-bond acceptors (Lipinski definition) is 5. The highest BCUT2D eigenvalue weighted by Crippen LogP contribution is 2.21. The largest absolute Gasteiger partial charge is 0.380 e. The number of rotatable bonds is 4. The highest BCUT2D eigenvalue weighted by molar-refractivity contribution is 7.89. The van der Waals surface area contributed by atoms with Crippen LogP contribution >= 0.6 is 0 Å². The fraction of sp³-hybridized carbons (Fsp3) is 0.529. The number of hydrogen-bond donors (Lipinski definition) is 0. The van der Waals surface area contributed by atoms with E-state index in [0.29, 0.717) is 25.2 Å². The van der Waals surface area contributed by atoms with Crippen molar-refractivity contribution < 1.29 is 22.7 Å². The molecule has 0 spiro atoms. The number of amides is 2. The lowest BCUT2D eigenvalue weighted by Gasteiger charge is -2.31. The number of sulfonamides is 1. The molecule has 1 aromatic carbocycles. The van der Waals surface area contributed by atoms with Crippen molar-refractivity contribution in [2.24, 2.45) is 0 Å². The van der Waals surface area contributed by atoms with Crippen LogP contribution in [0.2, 0.25) is 0 Å². The predicted octanol–water partition coefficient (Wildman–Crippen LogP) is 0.0102. The number of piperazine rings is 1. The van der Waals surface area contributed by atoms with E-state index in [1.54, 1.807) is 31.2 Å². The molecule has 0 aliphatic carbocycles. The third-order valence-corrected chi connectivity index (χ3v) is 6.75. The molecule has 0 N–H and O–H groups in total. The fourth-order valence-corrected chi connectivity index (χ4v) is 4.60. The molecule has 142 valence electrons. The lowest BCUT2D eigenvalue weighted by Crippen LogP contribution is -2.50. The first-order valence-electron chi connectivity index (χ1n) is 8.49. The Morgan fingerprint density at radius 1 is 1.23 bits per heavy atom. The first-order valence-corrected chi connectivity index (χ1v) is 9.93. The molecule has 2 aliphatic heterocycles. The number of likely N-dealkylation sites (tertiary alicyclic amines) is 1. The van der Waals surface area contributed by atoms with Gasteiger partial charge in [0.25, 0.3) is 5.91 Å². The van der Waals surface area contributed by atoms with Crippen molar-refractivity contribution in [1.82, 2.24) is 14.1 Å². The predicted molar refractivity (Wildman–Crippen MR) is 94.2 cm³/mol. The maximum Gasteiger partial charge on any atom is 0.253 e. The lowest BCUT2D eigenvalue weighted by atomic mass is 10.2. The normalized spacial score (nSPS) is 22.1. The average Bonchev–Trinajstić information content (AvgIpc) is 3.12. The molecular formula is C17H23N3O5S. The van der Waals surface area contributed by atoms with Gasteiger partial charge in [-0.1, -0.05) is 6.07 Å². The van der Waals surface area contributed by atoms with E-state index in [1.165, 1.54) is 17.0 Å². The summed E-state index contributed by atoms with van der Waals surface area (Å²) in [6.07, 6.45) is 0.783. The summed E-state index contributed by atoms with van der Waals surface area (Å²) >= 11 is 0. The molecule has 2 saturated heterocycles. The average molecular weight is 381 g/mol. The number of carbonyl (C=O) groups is 2. The molecule has 9 heteroatoms. The van der Waals surface area contributed by atoms with Gasteiger partial charge < -0.3 is 14.5 Å². The topological polar surface area (TPSA) is 87.2 Å². The van der Waals surface area contributed by atoms with Crippen molar-refractivity contribution in [3.63, 3.8) is 0 Å². The maximum absolute atomic E-state index is 12.8. The summed E-state index contributed by atoms with van der Waals surface area (Å²) in [4.78, 5) is 27.7. The van der Waals surface area contributed by atoms with E-state index in [0.717, 1.165) is 10.7 Å². The van der Waals surface area contributed by atoms with Crippen molar-refractivity contribution in [3.05, 3.63) is 29.8 Å². The zero-order chi connectivity index (χ0) is 18.9. The fourth-order valence-electron chi connectivity index (χ4n) is 3.17. The van der Waals surface area contributed by atoms with Gasteiger partial charge in [0.15, 0.2) is 0 Å². The van der Waals surface area contributed by atoms with E-state index in [9.17, 15) is 18.0 Å². The number of nitrogens with zero attached hydrogens (tertiary/aromatic N) is 3. The molecule has 1 unspecified atom stereocenters. The Hall–Kier alpha value is -1.97. The second-order valence-corrected chi connectivity index (χ2v) is 8.52. The van der Waals surface area contributed by atoms with Crippen molar-refractivity contribution in [2.75, 3.05) is 46.9 Å². The van der Waals surface area contributed by atoms with Crippen molar-refractivity contribution in [2.45, 2.75) is 17.4 Å². The van der Waals surface area contributed by atoms with Gasteiger partial charge in [0, 0.05) is 45.9 Å². The number of carbonyl (C=O) groups excluding carboxylic acids is 2. The minimum absolute atomic E-state index is 0.0159. The highest BCUT2D eigenvalue weighted by Gasteiger charge is 2.32. The van der Waals surface area contributed by atoms with Gasteiger partial charge in [-0.3, -0.25) is 9.59 Å². The number of benzene rings is 1. The third kappa shape index (κ3) is 3.60. The standard InChI is InChI=1S/C17H23N3O5S/c1-18-8-9-20(12-16(18)21)26(23,24)15-5-3-4-13(10-15)17(22)19-7-6-14(11-19)25-2/h3-5,10,14H,6-9,11-12H2,1-2H3. The van der Waals surface area contributed by atoms with E-state index in [2.05, 4.69) is 0 Å². The van der Waals surface area contributed by atoms with Crippen LogP contribution in [-0.4, -0.2) is 87.3 Å². The monoisotopic (exact) mass is 381 g/mol. The molecular weight excluding hydrogens is 358 g/mol.